The van der Waals surface area contributed by atoms with Crippen molar-refractivity contribution < 1.29 is 0 Å². The van der Waals surface area contributed by atoms with Crippen LogP contribution in [-0.2, 0) is 0 Å². The Hall–Kier alpha value is -2.75. The van der Waals surface area contributed by atoms with Gasteiger partial charge >= 0.3 is 0 Å². The quantitative estimate of drug-likeness (QED) is 0.285. The molecule has 2 aromatic rings. The zero-order valence-electron chi connectivity index (χ0n) is 19.3. The molecular weight excluding hydrogens is 392 g/mol. The molecule has 0 bridgehead atoms. The highest BCUT2D eigenvalue weighted by Gasteiger charge is 2.55. The van der Waals surface area contributed by atoms with Gasteiger partial charge in [-0.2, -0.15) is 5.10 Å². The summed E-state index contributed by atoms with van der Waals surface area (Å²) >= 11 is 0. The summed E-state index contributed by atoms with van der Waals surface area (Å²) in [7, 11) is 0. The number of hydrogen-bond acceptors (Lipinski definition) is 3. The van der Waals surface area contributed by atoms with E-state index >= 15 is 0 Å². The second kappa shape index (κ2) is 8.31. The minimum absolute atomic E-state index is 0.367. The maximum absolute atomic E-state index is 5.85. The van der Waals surface area contributed by atoms with Gasteiger partial charge in [-0.05, 0) is 84.6 Å². The molecule has 4 N–H and O–H groups in total. The van der Waals surface area contributed by atoms with Gasteiger partial charge in [-0.3, -0.25) is 0 Å². The number of nitrogens with zero attached hydrogens (tertiary/aromatic N) is 2. The highest BCUT2D eigenvalue weighted by atomic mass is 15.2. The number of hydrazone groups is 1. The van der Waals surface area contributed by atoms with Crippen molar-refractivity contribution in [1.29, 1.82) is 0 Å². The van der Waals surface area contributed by atoms with E-state index in [1.807, 2.05) is 6.07 Å². The normalized spacial score (nSPS) is 23.0. The standard InChI is InChI=1S/C28H36N4/c1-19-17-24(27(29)31-30)11-12-25(19)22-7-9-23(10-8-22)26-18-28(26)13-15-32(16-14-28)20(2)21-5-3-4-6-21/h7-12,17,21,26H,2-6,13-16,18,30H2,1H3,(H2,29,31). The summed E-state index contributed by atoms with van der Waals surface area (Å²) < 4.78 is 0. The van der Waals surface area contributed by atoms with E-state index in [0.717, 1.165) is 17.4 Å². The van der Waals surface area contributed by atoms with Crippen LogP contribution in [0, 0.1) is 18.3 Å². The predicted octanol–water partition coefficient (Wildman–Crippen LogP) is 5.51. The van der Waals surface area contributed by atoms with E-state index in [9.17, 15) is 0 Å². The summed E-state index contributed by atoms with van der Waals surface area (Å²) in [4.78, 5) is 2.61. The van der Waals surface area contributed by atoms with Crippen molar-refractivity contribution in [2.45, 2.75) is 57.8 Å². The zero-order valence-corrected chi connectivity index (χ0v) is 19.3. The second-order valence-corrected chi connectivity index (χ2v) is 10.2. The molecule has 3 fully saturated rings. The summed E-state index contributed by atoms with van der Waals surface area (Å²) in [5.74, 6) is 7.16. The molecule has 0 radical (unpaired) electrons. The fraction of sp³-hybridized carbons (Fsp3) is 0.464. The third-order valence-electron chi connectivity index (χ3n) is 8.47. The first-order chi connectivity index (χ1) is 15.5. The van der Waals surface area contributed by atoms with E-state index in [0.29, 0.717) is 11.3 Å². The number of amidine groups is 1. The number of allylic oxidation sites excluding steroid dienone is 1. The van der Waals surface area contributed by atoms with Crippen LogP contribution in [0.5, 0.6) is 0 Å². The Morgan fingerprint density at radius 3 is 2.38 bits per heavy atom. The van der Waals surface area contributed by atoms with Gasteiger partial charge in [0.2, 0.25) is 0 Å². The Kier molecular flexibility index (Phi) is 5.48. The molecule has 1 heterocycles. The van der Waals surface area contributed by atoms with Crippen molar-refractivity contribution in [1.82, 2.24) is 4.90 Å². The fourth-order valence-electron chi connectivity index (χ4n) is 6.24. The minimum atomic E-state index is 0.367. The third-order valence-corrected chi connectivity index (χ3v) is 8.47. The first kappa shape index (κ1) is 21.1. The minimum Gasteiger partial charge on any atom is -0.382 e. The zero-order chi connectivity index (χ0) is 22.3. The predicted molar refractivity (Wildman–Crippen MR) is 133 cm³/mol. The molecule has 4 nitrogen and oxygen atoms in total. The summed E-state index contributed by atoms with van der Waals surface area (Å²) in [5.41, 5.74) is 13.8. The van der Waals surface area contributed by atoms with Crippen molar-refractivity contribution in [3.05, 3.63) is 71.4 Å². The molecule has 1 saturated heterocycles. The molecule has 4 heteroatoms. The SMILES string of the molecule is C=C(C1CCCC1)N1CCC2(CC1)CC2c1ccc(-c2ccc(/C(N)=N/N)cc2C)cc1. The van der Waals surface area contributed by atoms with Crippen LogP contribution in [0.15, 0.2) is 59.8 Å². The van der Waals surface area contributed by atoms with Gasteiger partial charge in [0.1, 0.15) is 5.84 Å². The van der Waals surface area contributed by atoms with Gasteiger partial charge in [0.15, 0.2) is 0 Å². The van der Waals surface area contributed by atoms with E-state index in [4.69, 9.17) is 11.6 Å². The molecule has 2 aromatic carbocycles. The number of rotatable bonds is 5. The molecule has 3 aliphatic rings. The molecule has 32 heavy (non-hydrogen) atoms. The number of likely N-dealkylation sites (tertiary alicyclic amines) is 1. The van der Waals surface area contributed by atoms with Gasteiger partial charge in [0.05, 0.1) is 0 Å². The number of benzene rings is 2. The second-order valence-electron chi connectivity index (χ2n) is 10.2. The molecule has 2 saturated carbocycles. The van der Waals surface area contributed by atoms with Crippen LogP contribution in [0.1, 0.15) is 67.6 Å². The van der Waals surface area contributed by atoms with Crippen LogP contribution in [0.3, 0.4) is 0 Å². The van der Waals surface area contributed by atoms with Crippen LogP contribution in [0.2, 0.25) is 0 Å². The lowest BCUT2D eigenvalue weighted by Crippen LogP contribution is -2.36. The summed E-state index contributed by atoms with van der Waals surface area (Å²) in [6.45, 7) is 8.99. The van der Waals surface area contributed by atoms with Crippen molar-refractivity contribution in [2.24, 2.45) is 28.0 Å². The third kappa shape index (κ3) is 3.80. The van der Waals surface area contributed by atoms with Crippen LogP contribution >= 0.6 is 0 Å². The first-order valence-corrected chi connectivity index (χ1v) is 12.2. The molecule has 168 valence electrons. The van der Waals surface area contributed by atoms with Crippen molar-refractivity contribution in [3.63, 3.8) is 0 Å². The lowest BCUT2D eigenvalue weighted by Gasteiger charge is -2.37. The smallest absolute Gasteiger partial charge is 0.150 e. The van der Waals surface area contributed by atoms with Crippen molar-refractivity contribution in [3.8, 4) is 11.1 Å². The molecule has 0 amide bonds. The van der Waals surface area contributed by atoms with Gasteiger partial charge in [-0.1, -0.05) is 55.8 Å². The van der Waals surface area contributed by atoms with Crippen molar-refractivity contribution in [2.75, 3.05) is 13.1 Å². The van der Waals surface area contributed by atoms with Gasteiger partial charge < -0.3 is 16.5 Å². The van der Waals surface area contributed by atoms with Gasteiger partial charge in [-0.25, -0.2) is 0 Å². The lowest BCUT2D eigenvalue weighted by molar-refractivity contribution is 0.191. The van der Waals surface area contributed by atoms with Crippen LogP contribution in [-0.4, -0.2) is 23.8 Å². The monoisotopic (exact) mass is 428 g/mol. The van der Waals surface area contributed by atoms with E-state index < -0.39 is 0 Å². The maximum Gasteiger partial charge on any atom is 0.150 e. The van der Waals surface area contributed by atoms with Gasteiger partial charge in [-0.15, -0.1) is 0 Å². The van der Waals surface area contributed by atoms with E-state index in [1.165, 1.54) is 86.0 Å². The highest BCUT2D eigenvalue weighted by Crippen LogP contribution is 2.65. The molecule has 1 aliphatic heterocycles. The van der Waals surface area contributed by atoms with E-state index in [2.05, 4.69) is 59.9 Å². The Bertz CT molecular complexity index is 1020. The summed E-state index contributed by atoms with van der Waals surface area (Å²) in [5, 5.41) is 3.60. The molecule has 1 unspecified atom stereocenters. The number of nitrogens with two attached hydrogens (primary N) is 2. The molecule has 1 spiro atoms. The van der Waals surface area contributed by atoms with E-state index in [-0.39, 0.29) is 0 Å². The highest BCUT2D eigenvalue weighted by molar-refractivity contribution is 5.98. The first-order valence-electron chi connectivity index (χ1n) is 12.2. The molecule has 2 aliphatic carbocycles. The maximum atomic E-state index is 5.85. The number of aryl methyl sites for hydroxylation is 1. The largest absolute Gasteiger partial charge is 0.382 e. The summed E-state index contributed by atoms with van der Waals surface area (Å²) in [6, 6.07) is 15.4. The Morgan fingerprint density at radius 1 is 1.06 bits per heavy atom. The van der Waals surface area contributed by atoms with Crippen molar-refractivity contribution >= 4 is 5.84 Å². The molecule has 1 atom stereocenters. The summed E-state index contributed by atoms with van der Waals surface area (Å²) in [6.07, 6.45) is 9.46. The van der Waals surface area contributed by atoms with Crippen LogP contribution in [0.4, 0.5) is 0 Å². The average Bonchev–Trinajstić information content (AvgIpc) is 3.24. The molecule has 5 rings (SSSR count). The molecular formula is C28H36N4. The Morgan fingerprint density at radius 2 is 1.75 bits per heavy atom. The Balaban J connectivity index is 1.23. The number of hydrogen-bond donors (Lipinski definition) is 2. The van der Waals surface area contributed by atoms with Crippen LogP contribution in [0.25, 0.3) is 11.1 Å². The van der Waals surface area contributed by atoms with Crippen LogP contribution < -0.4 is 11.6 Å². The van der Waals surface area contributed by atoms with Gasteiger partial charge in [0, 0.05) is 24.4 Å². The lowest BCUT2D eigenvalue weighted by atomic mass is 9.87. The molecule has 0 aromatic heterocycles. The topological polar surface area (TPSA) is 67.6 Å². The fourth-order valence-corrected chi connectivity index (χ4v) is 6.24. The van der Waals surface area contributed by atoms with E-state index in [1.54, 1.807) is 0 Å². The van der Waals surface area contributed by atoms with Gasteiger partial charge in [0.25, 0.3) is 0 Å². The average molecular weight is 429 g/mol. The number of piperidine rings is 1. The Labute approximate surface area is 192 Å².